The largest absolute Gasteiger partial charge is 0.573 e. The molecule has 2 amide bonds. The number of rotatable bonds is 3. The average Bonchev–Trinajstić information content (AvgIpc) is 2.71. The number of urea groups is 1. The van der Waals surface area contributed by atoms with Gasteiger partial charge in [0.25, 0.3) is 0 Å². The Morgan fingerprint density at radius 3 is 2.41 bits per heavy atom. The number of hydrogen-bond acceptors (Lipinski definition) is 3. The number of carbonyl (C=O) groups is 1. The molecular formula is C12H10BrF3N4O2. The molecule has 0 unspecified atom stereocenters. The average molecular weight is 379 g/mol. The third kappa shape index (κ3) is 4.38. The van der Waals surface area contributed by atoms with Gasteiger partial charge >= 0.3 is 12.4 Å². The zero-order valence-corrected chi connectivity index (χ0v) is 12.7. The maximum absolute atomic E-state index is 12.0. The smallest absolute Gasteiger partial charge is 0.406 e. The predicted molar refractivity (Wildman–Crippen MR) is 76.7 cm³/mol. The summed E-state index contributed by atoms with van der Waals surface area (Å²) in [5.41, 5.74) is 0.310. The molecule has 0 saturated carbocycles. The Balaban J connectivity index is 1.97. The third-order valence-corrected chi connectivity index (χ3v) is 3.05. The summed E-state index contributed by atoms with van der Waals surface area (Å²) in [5, 5.41) is 8.95. The Bertz CT molecular complexity index is 651. The summed E-state index contributed by atoms with van der Waals surface area (Å²) >= 11 is 3.22. The molecule has 2 N–H and O–H groups in total. The van der Waals surface area contributed by atoms with Crippen LogP contribution >= 0.6 is 15.9 Å². The van der Waals surface area contributed by atoms with Crippen molar-refractivity contribution >= 4 is 33.5 Å². The summed E-state index contributed by atoms with van der Waals surface area (Å²) in [6.07, 6.45) is -3.24. The summed E-state index contributed by atoms with van der Waals surface area (Å²) in [5.74, 6) is 0.0716. The predicted octanol–water partition coefficient (Wildman–Crippen LogP) is 3.73. The monoisotopic (exact) mass is 378 g/mol. The van der Waals surface area contributed by atoms with E-state index in [0.717, 1.165) is 12.1 Å². The molecule has 1 heterocycles. The molecule has 2 rings (SSSR count). The van der Waals surface area contributed by atoms with E-state index in [-0.39, 0.29) is 5.75 Å². The number of aromatic nitrogens is 2. The number of nitrogens with one attached hydrogen (secondary N) is 2. The lowest BCUT2D eigenvalue weighted by Gasteiger charge is -2.10. The molecule has 0 aliphatic heterocycles. The number of carbonyl (C=O) groups excluding carboxylic acids is 1. The van der Waals surface area contributed by atoms with E-state index in [0.29, 0.717) is 16.0 Å². The highest BCUT2D eigenvalue weighted by Crippen LogP contribution is 2.24. The van der Waals surface area contributed by atoms with Gasteiger partial charge < -0.3 is 10.1 Å². The minimum absolute atomic E-state index is 0.310. The Labute approximate surface area is 131 Å². The summed E-state index contributed by atoms with van der Waals surface area (Å²) in [6, 6.07) is 4.22. The second-order valence-electron chi connectivity index (χ2n) is 4.12. The molecule has 0 bridgehead atoms. The van der Waals surface area contributed by atoms with E-state index in [1.807, 2.05) is 0 Å². The highest BCUT2D eigenvalue weighted by Gasteiger charge is 2.30. The number of hydrogen-bond donors (Lipinski definition) is 2. The Kier molecular flexibility index (Phi) is 4.59. The van der Waals surface area contributed by atoms with Crippen LogP contribution in [0.25, 0.3) is 0 Å². The number of alkyl halides is 3. The lowest BCUT2D eigenvalue weighted by Crippen LogP contribution is -2.21. The number of nitrogens with zero attached hydrogens (tertiary/aromatic N) is 2. The van der Waals surface area contributed by atoms with Gasteiger partial charge in [0, 0.05) is 12.7 Å². The first-order chi connectivity index (χ1) is 10.2. The summed E-state index contributed by atoms with van der Waals surface area (Å²) in [6.45, 7) is 0. The quantitative estimate of drug-likeness (QED) is 0.854. The number of halogens is 4. The van der Waals surface area contributed by atoms with Crippen LogP contribution in [0.2, 0.25) is 0 Å². The van der Waals surface area contributed by atoms with Gasteiger partial charge in [-0.25, -0.2) is 4.79 Å². The van der Waals surface area contributed by atoms with Gasteiger partial charge in [0.15, 0.2) is 0 Å². The van der Waals surface area contributed by atoms with Crippen molar-refractivity contribution in [3.8, 4) is 5.75 Å². The molecule has 1 aromatic heterocycles. The fourth-order valence-corrected chi connectivity index (χ4v) is 2.01. The van der Waals surface area contributed by atoms with E-state index >= 15 is 0 Å². The van der Waals surface area contributed by atoms with Crippen molar-refractivity contribution in [2.45, 2.75) is 6.36 Å². The lowest BCUT2D eigenvalue weighted by molar-refractivity contribution is -0.274. The first kappa shape index (κ1) is 16.1. The molecule has 0 spiro atoms. The van der Waals surface area contributed by atoms with Crippen molar-refractivity contribution in [2.75, 3.05) is 10.6 Å². The van der Waals surface area contributed by atoms with E-state index in [9.17, 15) is 18.0 Å². The van der Waals surface area contributed by atoms with Gasteiger partial charge in [0.05, 0.1) is 10.7 Å². The molecule has 10 heteroatoms. The van der Waals surface area contributed by atoms with Gasteiger partial charge in [-0.3, -0.25) is 10.00 Å². The number of aryl methyl sites for hydroxylation is 1. The summed E-state index contributed by atoms with van der Waals surface area (Å²) in [7, 11) is 1.64. The topological polar surface area (TPSA) is 68.2 Å². The molecule has 0 radical (unpaired) electrons. The van der Waals surface area contributed by atoms with Crippen LogP contribution in [0.4, 0.5) is 29.5 Å². The van der Waals surface area contributed by atoms with Crippen molar-refractivity contribution in [1.29, 1.82) is 0 Å². The zero-order valence-electron chi connectivity index (χ0n) is 11.1. The van der Waals surface area contributed by atoms with E-state index in [1.54, 1.807) is 7.05 Å². The van der Waals surface area contributed by atoms with Gasteiger partial charge in [-0.15, -0.1) is 13.2 Å². The van der Waals surface area contributed by atoms with Crippen LogP contribution < -0.4 is 15.4 Å². The molecule has 0 aliphatic rings. The van der Waals surface area contributed by atoms with Crippen molar-refractivity contribution in [3.63, 3.8) is 0 Å². The molecule has 22 heavy (non-hydrogen) atoms. The minimum Gasteiger partial charge on any atom is -0.406 e. The number of anilines is 2. The molecule has 118 valence electrons. The summed E-state index contributed by atoms with van der Waals surface area (Å²) < 4.78 is 41.9. The highest BCUT2D eigenvalue weighted by atomic mass is 79.9. The van der Waals surface area contributed by atoms with Crippen LogP contribution in [0.3, 0.4) is 0 Å². The zero-order chi connectivity index (χ0) is 16.3. The van der Waals surface area contributed by atoms with Gasteiger partial charge in [0.1, 0.15) is 11.6 Å². The van der Waals surface area contributed by atoms with E-state index in [4.69, 9.17) is 0 Å². The van der Waals surface area contributed by atoms with Gasteiger partial charge in [-0.05, 0) is 40.2 Å². The van der Waals surface area contributed by atoms with E-state index in [2.05, 4.69) is 36.4 Å². The highest BCUT2D eigenvalue weighted by molar-refractivity contribution is 9.10. The fourth-order valence-electron chi connectivity index (χ4n) is 1.56. The molecule has 1 aromatic carbocycles. The number of amides is 2. The summed E-state index contributed by atoms with van der Waals surface area (Å²) in [4.78, 5) is 11.8. The van der Waals surface area contributed by atoms with Crippen LogP contribution in [0.5, 0.6) is 5.75 Å². The standard InChI is InChI=1S/C12H10BrF3N4O2/c1-20-10(9(13)6-17-20)19-11(21)18-7-2-4-8(5-3-7)22-12(14,15)16/h2-6H,1H3,(H2,18,19,21). The minimum atomic E-state index is -4.75. The van der Waals surface area contributed by atoms with Gasteiger partial charge in [-0.1, -0.05) is 0 Å². The molecule has 6 nitrogen and oxygen atoms in total. The second-order valence-corrected chi connectivity index (χ2v) is 4.97. The molecular weight excluding hydrogens is 369 g/mol. The van der Waals surface area contributed by atoms with Crippen LogP contribution in [0.15, 0.2) is 34.9 Å². The molecule has 0 saturated heterocycles. The van der Waals surface area contributed by atoms with Crippen molar-refractivity contribution in [1.82, 2.24) is 9.78 Å². The van der Waals surface area contributed by atoms with Crippen molar-refractivity contribution in [3.05, 3.63) is 34.9 Å². The van der Waals surface area contributed by atoms with Crippen molar-refractivity contribution < 1.29 is 22.7 Å². The van der Waals surface area contributed by atoms with E-state index < -0.39 is 12.4 Å². The SMILES string of the molecule is Cn1ncc(Br)c1NC(=O)Nc1ccc(OC(F)(F)F)cc1. The Hall–Kier alpha value is -2.23. The Morgan fingerprint density at radius 2 is 1.91 bits per heavy atom. The fraction of sp³-hybridized carbons (Fsp3) is 0.167. The van der Waals surface area contributed by atoms with Gasteiger partial charge in [-0.2, -0.15) is 5.10 Å². The van der Waals surface area contributed by atoms with Crippen LogP contribution in [0.1, 0.15) is 0 Å². The Morgan fingerprint density at radius 1 is 1.27 bits per heavy atom. The maximum Gasteiger partial charge on any atom is 0.573 e. The normalized spacial score (nSPS) is 11.1. The van der Waals surface area contributed by atoms with Gasteiger partial charge in [0.2, 0.25) is 0 Å². The van der Waals surface area contributed by atoms with Crippen molar-refractivity contribution in [2.24, 2.45) is 7.05 Å². The van der Waals surface area contributed by atoms with Crippen LogP contribution in [-0.2, 0) is 7.05 Å². The first-order valence-corrected chi connectivity index (χ1v) is 6.65. The molecule has 0 fully saturated rings. The van der Waals surface area contributed by atoms with Crippen LogP contribution in [-0.4, -0.2) is 22.2 Å². The number of ether oxygens (including phenoxy) is 1. The molecule has 0 aliphatic carbocycles. The molecule has 2 aromatic rings. The van der Waals surface area contributed by atoms with E-state index in [1.165, 1.54) is 23.0 Å². The lowest BCUT2D eigenvalue weighted by atomic mass is 10.3. The third-order valence-electron chi connectivity index (χ3n) is 2.47. The van der Waals surface area contributed by atoms with Crippen LogP contribution in [0, 0.1) is 0 Å². The first-order valence-electron chi connectivity index (χ1n) is 5.86. The molecule has 0 atom stereocenters. The maximum atomic E-state index is 12.0. The number of benzene rings is 1. The second kappa shape index (κ2) is 6.26.